The minimum atomic E-state index is -0.595. The van der Waals surface area contributed by atoms with E-state index in [2.05, 4.69) is 20.3 Å². The fourth-order valence-corrected chi connectivity index (χ4v) is 3.04. The molecule has 2 aromatic rings. The first-order valence-electron chi connectivity index (χ1n) is 4.99. The Labute approximate surface area is 143 Å². The van der Waals surface area contributed by atoms with Gasteiger partial charge in [-0.25, -0.2) is 4.63 Å². The standard InChI is InChI=1S/C9H4N4O4S2.Na.H/c14-8-7(19-9(18)10-8)3-1-2-4(13(15)16)6-5(3)11-17-12-6;;/h1-2,7H,(H,10,14,18);;. The monoisotopic (exact) mass is 320 g/mol. The number of thiocarbonyl (C=S) groups is 1. The molecular formula is C9H5N4NaO4S2. The summed E-state index contributed by atoms with van der Waals surface area (Å²) in [6, 6.07) is 2.74. The van der Waals surface area contributed by atoms with E-state index in [1.165, 1.54) is 12.1 Å². The van der Waals surface area contributed by atoms with Crippen molar-refractivity contribution in [3.63, 3.8) is 0 Å². The number of non-ortho nitro benzene ring substituents is 1. The molecule has 1 aromatic carbocycles. The zero-order valence-corrected chi connectivity index (χ0v) is 10.7. The molecule has 0 saturated carbocycles. The van der Waals surface area contributed by atoms with Gasteiger partial charge in [-0.1, -0.05) is 24.0 Å². The number of nitrogens with one attached hydrogen (secondary N) is 1. The average molecular weight is 320 g/mol. The number of hydrogen-bond donors (Lipinski definition) is 1. The minimum absolute atomic E-state index is 0. The summed E-state index contributed by atoms with van der Waals surface area (Å²) < 4.78 is 4.90. The van der Waals surface area contributed by atoms with Crippen LogP contribution in [0.5, 0.6) is 0 Å². The van der Waals surface area contributed by atoms with Gasteiger partial charge in [-0.15, -0.1) is 0 Å². The SMILES string of the molecule is O=C1NC(=S)SC1c1ccc([N+](=O)[O-])c2nonc12.[NaH]. The third-order valence-corrected chi connectivity index (χ3v) is 4.00. The molecule has 98 valence electrons. The predicted octanol–water partition coefficient (Wildman–Crippen LogP) is 0.671. The van der Waals surface area contributed by atoms with E-state index in [4.69, 9.17) is 12.2 Å². The van der Waals surface area contributed by atoms with Gasteiger partial charge in [0.25, 0.3) is 0 Å². The zero-order valence-electron chi connectivity index (χ0n) is 9.02. The number of nitro benzene ring substituents is 1. The summed E-state index contributed by atoms with van der Waals surface area (Å²) in [7, 11) is 0. The number of rotatable bonds is 2. The van der Waals surface area contributed by atoms with Crippen LogP contribution in [-0.2, 0) is 4.79 Å². The average Bonchev–Trinajstić information content (AvgIpc) is 2.94. The summed E-state index contributed by atoms with van der Waals surface area (Å²) in [5.74, 6) is -0.284. The summed E-state index contributed by atoms with van der Waals surface area (Å²) in [6.45, 7) is 0. The van der Waals surface area contributed by atoms with E-state index in [1.54, 1.807) is 0 Å². The van der Waals surface area contributed by atoms with Crippen molar-refractivity contribution < 1.29 is 14.3 Å². The molecule has 1 aromatic heterocycles. The first-order chi connectivity index (χ1) is 9.08. The molecule has 1 amide bonds. The molecule has 1 saturated heterocycles. The van der Waals surface area contributed by atoms with Crippen molar-refractivity contribution in [2.75, 3.05) is 0 Å². The molecule has 2 heterocycles. The number of nitro groups is 1. The van der Waals surface area contributed by atoms with Gasteiger partial charge >= 0.3 is 35.2 Å². The van der Waals surface area contributed by atoms with Crippen molar-refractivity contribution in [1.29, 1.82) is 0 Å². The second kappa shape index (κ2) is 5.74. The summed E-state index contributed by atoms with van der Waals surface area (Å²) in [6.07, 6.45) is 0. The van der Waals surface area contributed by atoms with Gasteiger partial charge in [0.05, 0.1) is 4.92 Å². The molecule has 3 rings (SSSR count). The van der Waals surface area contributed by atoms with Gasteiger partial charge in [-0.05, 0) is 16.4 Å². The number of aromatic nitrogens is 2. The van der Waals surface area contributed by atoms with Gasteiger partial charge in [0.1, 0.15) is 15.1 Å². The Hall–Kier alpha value is -1.07. The fourth-order valence-electron chi connectivity index (χ4n) is 1.79. The van der Waals surface area contributed by atoms with Crippen LogP contribution in [0.3, 0.4) is 0 Å². The van der Waals surface area contributed by atoms with Crippen molar-refractivity contribution in [2.24, 2.45) is 0 Å². The van der Waals surface area contributed by atoms with Crippen LogP contribution in [0.15, 0.2) is 16.8 Å². The van der Waals surface area contributed by atoms with Gasteiger partial charge in [-0.3, -0.25) is 14.9 Å². The second-order valence-corrected chi connectivity index (χ2v) is 5.45. The molecule has 1 fully saturated rings. The molecule has 1 atom stereocenters. The molecule has 0 radical (unpaired) electrons. The number of carbonyl (C=O) groups is 1. The number of thioether (sulfide) groups is 1. The van der Waals surface area contributed by atoms with E-state index in [-0.39, 0.29) is 52.2 Å². The summed E-state index contributed by atoms with van der Waals surface area (Å²) in [4.78, 5) is 22.0. The summed E-state index contributed by atoms with van der Waals surface area (Å²) in [5, 5.41) is 19.9. The van der Waals surface area contributed by atoms with Crippen LogP contribution in [0.25, 0.3) is 11.0 Å². The van der Waals surface area contributed by atoms with Gasteiger partial charge in [0.15, 0.2) is 0 Å². The van der Waals surface area contributed by atoms with E-state index >= 15 is 0 Å². The third-order valence-electron chi connectivity index (χ3n) is 2.59. The Balaban J connectivity index is 0.00000147. The summed E-state index contributed by atoms with van der Waals surface area (Å²) in [5.41, 5.74) is 0.496. The predicted molar refractivity (Wildman–Crippen MR) is 76.7 cm³/mol. The zero-order chi connectivity index (χ0) is 13.6. The Bertz CT molecular complexity index is 734. The first-order valence-corrected chi connectivity index (χ1v) is 6.28. The van der Waals surface area contributed by atoms with E-state index < -0.39 is 10.2 Å². The fraction of sp³-hybridized carbons (Fsp3) is 0.111. The van der Waals surface area contributed by atoms with Crippen LogP contribution in [0.2, 0.25) is 0 Å². The maximum atomic E-state index is 11.7. The maximum absolute atomic E-state index is 11.7. The van der Waals surface area contributed by atoms with Crippen LogP contribution >= 0.6 is 24.0 Å². The van der Waals surface area contributed by atoms with Gasteiger partial charge in [0, 0.05) is 11.6 Å². The van der Waals surface area contributed by atoms with E-state index in [0.717, 1.165) is 11.8 Å². The van der Waals surface area contributed by atoms with Crippen LogP contribution < -0.4 is 5.32 Å². The molecule has 0 bridgehead atoms. The Morgan fingerprint density at radius 3 is 2.70 bits per heavy atom. The molecular weight excluding hydrogens is 315 g/mol. The van der Waals surface area contributed by atoms with Crippen molar-refractivity contribution in [2.45, 2.75) is 5.25 Å². The molecule has 0 spiro atoms. The molecule has 8 nitrogen and oxygen atoms in total. The molecule has 0 aliphatic carbocycles. The van der Waals surface area contributed by atoms with Crippen molar-refractivity contribution in [1.82, 2.24) is 15.6 Å². The third kappa shape index (κ3) is 2.44. The van der Waals surface area contributed by atoms with Gasteiger partial charge < -0.3 is 5.32 Å². The molecule has 11 heteroatoms. The van der Waals surface area contributed by atoms with Gasteiger partial charge in [-0.2, -0.15) is 0 Å². The van der Waals surface area contributed by atoms with Crippen molar-refractivity contribution >= 4 is 80.5 Å². The Morgan fingerprint density at radius 2 is 2.10 bits per heavy atom. The van der Waals surface area contributed by atoms with Crippen molar-refractivity contribution in [3.05, 3.63) is 27.8 Å². The number of hydrogen-bond acceptors (Lipinski definition) is 8. The molecule has 1 aliphatic heterocycles. The van der Waals surface area contributed by atoms with E-state index in [1.807, 2.05) is 0 Å². The van der Waals surface area contributed by atoms with Crippen LogP contribution in [0, 0.1) is 10.1 Å². The van der Waals surface area contributed by atoms with E-state index in [0.29, 0.717) is 9.88 Å². The van der Waals surface area contributed by atoms with Crippen molar-refractivity contribution in [3.8, 4) is 0 Å². The second-order valence-electron chi connectivity index (χ2n) is 3.67. The Morgan fingerprint density at radius 1 is 1.40 bits per heavy atom. The van der Waals surface area contributed by atoms with Gasteiger partial charge in [0.2, 0.25) is 11.4 Å². The van der Waals surface area contributed by atoms with E-state index in [9.17, 15) is 14.9 Å². The first kappa shape index (κ1) is 15.3. The molecule has 1 aliphatic rings. The molecule has 1 N–H and O–H groups in total. The number of nitrogens with zero attached hydrogens (tertiary/aromatic N) is 3. The number of amides is 1. The number of fused-ring (bicyclic) bond motifs is 1. The number of benzene rings is 1. The van der Waals surface area contributed by atoms with Crippen LogP contribution in [0.1, 0.15) is 10.8 Å². The molecule has 1 unspecified atom stereocenters. The molecule has 20 heavy (non-hydrogen) atoms. The number of carbonyl (C=O) groups excluding carboxylic acids is 1. The van der Waals surface area contributed by atoms with Crippen LogP contribution in [-0.4, -0.2) is 55.0 Å². The topological polar surface area (TPSA) is 111 Å². The quantitative estimate of drug-likeness (QED) is 0.372. The Kier molecular flexibility index (Phi) is 4.39. The van der Waals surface area contributed by atoms with Crippen LogP contribution in [0.4, 0.5) is 5.69 Å². The summed E-state index contributed by atoms with van der Waals surface area (Å²) >= 11 is 6.06. The normalized spacial score (nSPS) is 17.9.